The van der Waals surface area contributed by atoms with E-state index in [1.165, 1.54) is 0 Å². The quantitative estimate of drug-likeness (QED) is 0.767. The van der Waals surface area contributed by atoms with Crippen LogP contribution in [0.25, 0.3) is 0 Å². The van der Waals surface area contributed by atoms with Gasteiger partial charge in [-0.05, 0) is 17.6 Å². The average Bonchev–Trinajstić information content (AvgIpc) is 2.64. The fourth-order valence-electron chi connectivity index (χ4n) is 1.59. The molecule has 16 heavy (non-hydrogen) atoms. The first kappa shape index (κ1) is 11.0. The third-order valence-corrected chi connectivity index (χ3v) is 2.19. The van der Waals surface area contributed by atoms with Crippen LogP contribution < -0.4 is 5.53 Å². The van der Waals surface area contributed by atoms with Gasteiger partial charge in [-0.15, -0.1) is 0 Å². The van der Waals surface area contributed by atoms with Crippen LogP contribution in [-0.4, -0.2) is 29.2 Å². The summed E-state index contributed by atoms with van der Waals surface area (Å²) in [6.45, 7) is 7.44. The zero-order valence-electron chi connectivity index (χ0n) is 9.92. The van der Waals surface area contributed by atoms with Crippen LogP contribution in [0.5, 0.6) is 0 Å². The predicted molar refractivity (Wildman–Crippen MR) is 62.8 cm³/mol. The molecule has 88 valence electrons. The van der Waals surface area contributed by atoms with Crippen molar-refractivity contribution in [3.63, 3.8) is 0 Å². The molecule has 5 heteroatoms. The molecule has 5 nitrogen and oxygen atoms in total. The molecule has 2 aliphatic rings. The summed E-state index contributed by atoms with van der Waals surface area (Å²) >= 11 is 0. The summed E-state index contributed by atoms with van der Waals surface area (Å²) in [5, 5.41) is 7.93. The van der Waals surface area contributed by atoms with Gasteiger partial charge in [-0.3, -0.25) is 5.01 Å². The summed E-state index contributed by atoms with van der Waals surface area (Å²) in [4.78, 5) is 0. The van der Waals surface area contributed by atoms with E-state index in [1.54, 1.807) is 12.6 Å². The molecule has 0 aromatic carbocycles. The molecule has 0 spiro atoms. The Morgan fingerprint density at radius 1 is 1.38 bits per heavy atom. The van der Waals surface area contributed by atoms with Crippen molar-refractivity contribution >= 4 is 6.34 Å². The van der Waals surface area contributed by atoms with Crippen molar-refractivity contribution in [3.8, 4) is 0 Å². The maximum absolute atomic E-state index is 5.48. The zero-order chi connectivity index (χ0) is 11.6. The molecule has 0 amide bonds. The molecule has 1 atom stereocenters. The van der Waals surface area contributed by atoms with Gasteiger partial charge >= 0.3 is 0 Å². The number of ether oxygens (including phenoxy) is 1. The van der Waals surface area contributed by atoms with E-state index in [4.69, 9.17) is 4.74 Å². The second-order valence-electron chi connectivity index (χ2n) is 5.09. The SMILES string of the molecule is CC(C)(C)CN1C=NNN1C1C=CC=CO1. The van der Waals surface area contributed by atoms with E-state index in [2.05, 4.69) is 31.4 Å². The van der Waals surface area contributed by atoms with E-state index in [-0.39, 0.29) is 11.6 Å². The summed E-state index contributed by atoms with van der Waals surface area (Å²) in [6, 6.07) is 0. The minimum atomic E-state index is -0.144. The van der Waals surface area contributed by atoms with E-state index in [0.717, 1.165) is 6.54 Å². The molecule has 0 aromatic heterocycles. The average molecular weight is 222 g/mol. The van der Waals surface area contributed by atoms with E-state index in [9.17, 15) is 0 Å². The molecule has 2 heterocycles. The molecule has 0 bridgehead atoms. The van der Waals surface area contributed by atoms with Crippen LogP contribution in [0, 0.1) is 5.41 Å². The van der Waals surface area contributed by atoms with Gasteiger partial charge in [0.2, 0.25) is 6.23 Å². The van der Waals surface area contributed by atoms with Crippen molar-refractivity contribution in [2.75, 3.05) is 6.54 Å². The molecule has 2 rings (SSSR count). The van der Waals surface area contributed by atoms with E-state index < -0.39 is 0 Å². The highest BCUT2D eigenvalue weighted by molar-refractivity contribution is 5.55. The predicted octanol–water partition coefficient (Wildman–Crippen LogP) is 1.44. The van der Waals surface area contributed by atoms with Crippen LogP contribution in [0.1, 0.15) is 20.8 Å². The summed E-state index contributed by atoms with van der Waals surface area (Å²) in [5.41, 5.74) is 3.12. The smallest absolute Gasteiger partial charge is 0.207 e. The number of rotatable bonds is 2. The van der Waals surface area contributed by atoms with Gasteiger partial charge in [-0.2, -0.15) is 5.10 Å². The largest absolute Gasteiger partial charge is 0.476 e. The van der Waals surface area contributed by atoms with Crippen LogP contribution in [0.3, 0.4) is 0 Å². The van der Waals surface area contributed by atoms with Gasteiger partial charge in [-0.25, -0.2) is 5.53 Å². The van der Waals surface area contributed by atoms with Crippen molar-refractivity contribution in [2.45, 2.75) is 27.0 Å². The normalized spacial score (nSPS) is 24.7. The van der Waals surface area contributed by atoms with E-state index in [1.807, 2.05) is 28.4 Å². The van der Waals surface area contributed by atoms with Gasteiger partial charge < -0.3 is 4.74 Å². The highest BCUT2D eigenvalue weighted by atomic mass is 16.5. The second-order valence-corrected chi connectivity index (χ2v) is 5.09. The number of hydrazone groups is 1. The molecule has 0 saturated heterocycles. The highest BCUT2D eigenvalue weighted by Crippen LogP contribution is 2.19. The Morgan fingerprint density at radius 2 is 2.19 bits per heavy atom. The first-order chi connectivity index (χ1) is 7.56. The lowest BCUT2D eigenvalue weighted by molar-refractivity contribution is -0.113. The molecular formula is C11H18N4O. The van der Waals surface area contributed by atoms with Crippen molar-refractivity contribution in [1.82, 2.24) is 15.7 Å². The van der Waals surface area contributed by atoms with Gasteiger partial charge in [0.25, 0.3) is 0 Å². The Morgan fingerprint density at radius 3 is 2.81 bits per heavy atom. The van der Waals surface area contributed by atoms with Gasteiger partial charge in [0.15, 0.2) is 0 Å². The lowest BCUT2D eigenvalue weighted by Crippen LogP contribution is -2.52. The van der Waals surface area contributed by atoms with Gasteiger partial charge in [0.1, 0.15) is 6.34 Å². The first-order valence-corrected chi connectivity index (χ1v) is 5.40. The Kier molecular flexibility index (Phi) is 2.87. The van der Waals surface area contributed by atoms with Gasteiger partial charge in [0.05, 0.1) is 6.26 Å². The number of hydrogen-bond donors (Lipinski definition) is 1. The maximum Gasteiger partial charge on any atom is 0.207 e. The molecule has 0 aromatic rings. The molecule has 0 fully saturated rings. The molecular weight excluding hydrogens is 204 g/mol. The van der Waals surface area contributed by atoms with Crippen molar-refractivity contribution in [1.29, 1.82) is 0 Å². The molecule has 2 aliphatic heterocycles. The van der Waals surface area contributed by atoms with E-state index >= 15 is 0 Å². The van der Waals surface area contributed by atoms with Crippen LogP contribution in [0.15, 0.2) is 29.6 Å². The first-order valence-electron chi connectivity index (χ1n) is 5.40. The standard InChI is InChI=1S/C11H18N4O/c1-11(2,3)8-14-9-12-13-15(14)10-6-4-5-7-16-10/h4-7,9-10,13H,8H2,1-3H3. The summed E-state index contributed by atoms with van der Waals surface area (Å²) in [7, 11) is 0. The summed E-state index contributed by atoms with van der Waals surface area (Å²) in [5.74, 6) is 0. The zero-order valence-corrected chi connectivity index (χ0v) is 9.92. The van der Waals surface area contributed by atoms with Crippen molar-refractivity contribution < 1.29 is 4.74 Å². The topological polar surface area (TPSA) is 40.1 Å². The monoisotopic (exact) mass is 222 g/mol. The van der Waals surface area contributed by atoms with Gasteiger partial charge in [-0.1, -0.05) is 32.0 Å². The second kappa shape index (κ2) is 4.17. The Hall–Kier alpha value is -1.49. The van der Waals surface area contributed by atoms with E-state index in [0.29, 0.717) is 0 Å². The third kappa shape index (κ3) is 2.55. The van der Waals surface area contributed by atoms with Crippen LogP contribution in [-0.2, 0) is 4.74 Å². The minimum absolute atomic E-state index is 0.144. The van der Waals surface area contributed by atoms with Crippen LogP contribution in [0.2, 0.25) is 0 Å². The molecule has 1 N–H and O–H groups in total. The number of nitrogens with one attached hydrogen (secondary N) is 1. The Bertz CT molecular complexity index is 329. The summed E-state index contributed by atoms with van der Waals surface area (Å²) in [6.07, 6.45) is 9.11. The molecule has 0 radical (unpaired) electrons. The lowest BCUT2D eigenvalue weighted by atomic mass is 9.97. The molecule has 1 unspecified atom stereocenters. The number of nitrogens with zero attached hydrogens (tertiary/aromatic N) is 3. The number of allylic oxidation sites excluding steroid dienone is 2. The molecule has 0 aliphatic carbocycles. The fourth-order valence-corrected chi connectivity index (χ4v) is 1.59. The molecule has 0 saturated carbocycles. The highest BCUT2D eigenvalue weighted by Gasteiger charge is 2.29. The Labute approximate surface area is 96.0 Å². The number of hydrogen-bond acceptors (Lipinski definition) is 5. The van der Waals surface area contributed by atoms with Crippen LogP contribution in [0.4, 0.5) is 0 Å². The lowest BCUT2D eigenvalue weighted by Gasteiger charge is -2.35. The number of hydrazine groups is 2. The van der Waals surface area contributed by atoms with Crippen LogP contribution >= 0.6 is 0 Å². The van der Waals surface area contributed by atoms with Crippen molar-refractivity contribution in [3.05, 3.63) is 24.5 Å². The van der Waals surface area contributed by atoms with Crippen molar-refractivity contribution in [2.24, 2.45) is 10.5 Å². The fraction of sp³-hybridized carbons (Fsp3) is 0.545. The Balaban J connectivity index is 1.99. The minimum Gasteiger partial charge on any atom is -0.476 e. The van der Waals surface area contributed by atoms with Gasteiger partial charge in [0, 0.05) is 6.54 Å². The maximum atomic E-state index is 5.48. The third-order valence-electron chi connectivity index (χ3n) is 2.19. The summed E-state index contributed by atoms with van der Waals surface area (Å²) < 4.78 is 5.48.